The molecule has 1 aliphatic carbocycles. The van der Waals surface area contributed by atoms with Gasteiger partial charge in [-0.25, -0.2) is 4.39 Å². The van der Waals surface area contributed by atoms with Crippen molar-refractivity contribution in [3.05, 3.63) is 35.6 Å². The summed E-state index contributed by atoms with van der Waals surface area (Å²) in [6, 6.07) is 6.20. The number of carbonyl (C=O) groups is 1. The van der Waals surface area contributed by atoms with Crippen LogP contribution in [0.3, 0.4) is 0 Å². The molecule has 1 aromatic rings. The number of benzene rings is 1. The predicted octanol–water partition coefficient (Wildman–Crippen LogP) is 2.99. The van der Waals surface area contributed by atoms with Gasteiger partial charge in [-0.05, 0) is 37.5 Å². The molecule has 3 unspecified atom stereocenters. The van der Waals surface area contributed by atoms with Crippen LogP contribution in [-0.4, -0.2) is 23.7 Å². The van der Waals surface area contributed by atoms with E-state index in [-0.39, 0.29) is 36.2 Å². The fourth-order valence-electron chi connectivity index (χ4n) is 3.03. The van der Waals surface area contributed by atoms with Crippen molar-refractivity contribution in [2.45, 2.75) is 51.0 Å². The minimum atomic E-state index is -0.386. The van der Waals surface area contributed by atoms with Gasteiger partial charge in [0, 0.05) is 18.6 Å². The number of hydrogen-bond acceptors (Lipinski definition) is 2. The Balaban J connectivity index is 2.02. The maximum atomic E-state index is 13.3. The molecular formula is C17H24FNO2. The third-order valence-electron chi connectivity index (χ3n) is 4.46. The lowest BCUT2D eigenvalue weighted by Gasteiger charge is -2.26. The fourth-order valence-corrected chi connectivity index (χ4v) is 3.03. The quantitative estimate of drug-likeness (QED) is 0.838. The van der Waals surface area contributed by atoms with Crippen molar-refractivity contribution in [1.29, 1.82) is 0 Å². The number of nitrogens with one attached hydrogen (secondary N) is 1. The molecule has 1 amide bonds. The van der Waals surface area contributed by atoms with Crippen LogP contribution >= 0.6 is 0 Å². The van der Waals surface area contributed by atoms with Crippen molar-refractivity contribution in [1.82, 2.24) is 5.32 Å². The van der Waals surface area contributed by atoms with Crippen LogP contribution in [0.25, 0.3) is 0 Å². The molecule has 0 heterocycles. The molecule has 0 aliphatic heterocycles. The van der Waals surface area contributed by atoms with Crippen LogP contribution in [0, 0.1) is 11.7 Å². The van der Waals surface area contributed by atoms with Crippen molar-refractivity contribution < 1.29 is 14.3 Å². The van der Waals surface area contributed by atoms with Crippen molar-refractivity contribution in [2.75, 3.05) is 6.61 Å². The molecule has 1 aliphatic rings. The summed E-state index contributed by atoms with van der Waals surface area (Å²) in [7, 11) is 0. The molecule has 21 heavy (non-hydrogen) atoms. The minimum Gasteiger partial charge on any atom is -0.396 e. The Morgan fingerprint density at radius 2 is 2.14 bits per heavy atom. The van der Waals surface area contributed by atoms with E-state index < -0.39 is 0 Å². The lowest BCUT2D eigenvalue weighted by molar-refractivity contribution is -0.123. The second-order valence-electron chi connectivity index (χ2n) is 5.97. The average molecular weight is 293 g/mol. The summed E-state index contributed by atoms with van der Waals surface area (Å²) in [6.07, 6.45) is 5.21. The van der Waals surface area contributed by atoms with Crippen molar-refractivity contribution >= 4 is 5.91 Å². The van der Waals surface area contributed by atoms with E-state index in [0.717, 1.165) is 32.1 Å². The maximum absolute atomic E-state index is 13.3. The normalized spacial score (nSPS) is 24.1. The molecule has 1 fully saturated rings. The van der Waals surface area contributed by atoms with E-state index in [1.807, 2.05) is 0 Å². The van der Waals surface area contributed by atoms with Crippen molar-refractivity contribution in [2.24, 2.45) is 5.92 Å². The molecule has 116 valence electrons. The van der Waals surface area contributed by atoms with Gasteiger partial charge in [-0.2, -0.15) is 0 Å². The lowest BCUT2D eigenvalue weighted by atomic mass is 9.94. The topological polar surface area (TPSA) is 49.3 Å². The monoisotopic (exact) mass is 293 g/mol. The van der Waals surface area contributed by atoms with E-state index >= 15 is 0 Å². The lowest BCUT2D eigenvalue weighted by Crippen LogP contribution is -2.42. The predicted molar refractivity (Wildman–Crippen MR) is 80.4 cm³/mol. The van der Waals surface area contributed by atoms with E-state index in [9.17, 15) is 14.3 Å². The van der Waals surface area contributed by atoms with E-state index in [1.54, 1.807) is 19.1 Å². The Labute approximate surface area is 125 Å². The van der Waals surface area contributed by atoms with Gasteiger partial charge in [0.25, 0.3) is 0 Å². The molecule has 4 heteroatoms. The smallest absolute Gasteiger partial charge is 0.227 e. The zero-order valence-electron chi connectivity index (χ0n) is 12.5. The van der Waals surface area contributed by atoms with Crippen LogP contribution in [0.5, 0.6) is 0 Å². The van der Waals surface area contributed by atoms with Gasteiger partial charge in [0.1, 0.15) is 5.82 Å². The first-order valence-electron chi connectivity index (χ1n) is 7.78. The summed E-state index contributed by atoms with van der Waals surface area (Å²) in [6.45, 7) is 1.90. The van der Waals surface area contributed by atoms with E-state index in [1.165, 1.54) is 12.1 Å². The molecule has 0 radical (unpaired) electrons. The Kier molecular flexibility index (Phi) is 5.74. The Morgan fingerprint density at radius 3 is 2.86 bits per heavy atom. The summed E-state index contributed by atoms with van der Waals surface area (Å²) in [5.74, 6) is -0.666. The highest BCUT2D eigenvalue weighted by atomic mass is 19.1. The molecule has 0 spiro atoms. The number of rotatable bonds is 4. The molecule has 3 nitrogen and oxygen atoms in total. The molecule has 0 aromatic heterocycles. The van der Waals surface area contributed by atoms with Gasteiger partial charge in [-0.15, -0.1) is 0 Å². The van der Waals surface area contributed by atoms with Gasteiger partial charge in [0.2, 0.25) is 5.91 Å². The summed E-state index contributed by atoms with van der Waals surface area (Å²) in [5, 5.41) is 12.5. The first kappa shape index (κ1) is 16.0. The third kappa shape index (κ3) is 4.27. The highest BCUT2D eigenvalue weighted by Crippen LogP contribution is 2.24. The molecule has 0 saturated heterocycles. The van der Waals surface area contributed by atoms with Crippen LogP contribution in [0.4, 0.5) is 4.39 Å². The molecule has 2 N–H and O–H groups in total. The SMILES string of the molecule is CC(C(=O)NC1CCCCCC1CO)c1cccc(F)c1. The summed E-state index contributed by atoms with van der Waals surface area (Å²) >= 11 is 0. The van der Waals surface area contributed by atoms with Crippen LogP contribution < -0.4 is 5.32 Å². The van der Waals surface area contributed by atoms with E-state index in [0.29, 0.717) is 5.56 Å². The Hall–Kier alpha value is -1.42. The number of hydrogen-bond donors (Lipinski definition) is 2. The molecule has 3 atom stereocenters. The number of amides is 1. The second-order valence-corrected chi connectivity index (χ2v) is 5.97. The second kappa shape index (κ2) is 7.55. The van der Waals surface area contributed by atoms with Crippen LogP contribution in [0.1, 0.15) is 50.5 Å². The summed E-state index contributed by atoms with van der Waals surface area (Å²) < 4.78 is 13.3. The molecule has 1 saturated carbocycles. The van der Waals surface area contributed by atoms with Gasteiger partial charge in [0.05, 0.1) is 5.92 Å². The molecule has 1 aromatic carbocycles. The average Bonchev–Trinajstić information content (AvgIpc) is 2.71. The van der Waals surface area contributed by atoms with Gasteiger partial charge < -0.3 is 10.4 Å². The van der Waals surface area contributed by atoms with Crippen LogP contribution in [0.15, 0.2) is 24.3 Å². The van der Waals surface area contributed by atoms with Crippen LogP contribution in [-0.2, 0) is 4.79 Å². The first-order valence-corrected chi connectivity index (χ1v) is 7.78. The standard InChI is InChI=1S/C17H24FNO2/c1-12(13-7-5-8-15(18)10-13)17(21)19-16-9-4-2-3-6-14(16)11-20/h5,7-8,10,12,14,16,20H,2-4,6,9,11H2,1H3,(H,19,21). The number of aliphatic hydroxyl groups excluding tert-OH is 1. The Bertz CT molecular complexity index is 478. The fraction of sp³-hybridized carbons (Fsp3) is 0.588. The summed E-state index contributed by atoms with van der Waals surface area (Å²) in [5.41, 5.74) is 0.682. The van der Waals surface area contributed by atoms with Gasteiger partial charge in [-0.3, -0.25) is 4.79 Å². The third-order valence-corrected chi connectivity index (χ3v) is 4.46. The zero-order valence-corrected chi connectivity index (χ0v) is 12.5. The zero-order chi connectivity index (χ0) is 15.2. The van der Waals surface area contributed by atoms with E-state index in [4.69, 9.17) is 0 Å². The Morgan fingerprint density at radius 1 is 1.38 bits per heavy atom. The maximum Gasteiger partial charge on any atom is 0.227 e. The van der Waals surface area contributed by atoms with Crippen molar-refractivity contribution in [3.63, 3.8) is 0 Å². The largest absolute Gasteiger partial charge is 0.396 e. The van der Waals surface area contributed by atoms with E-state index in [2.05, 4.69) is 5.32 Å². The van der Waals surface area contributed by atoms with Crippen molar-refractivity contribution in [3.8, 4) is 0 Å². The minimum absolute atomic E-state index is 0.0287. The van der Waals surface area contributed by atoms with Crippen LogP contribution in [0.2, 0.25) is 0 Å². The highest BCUT2D eigenvalue weighted by molar-refractivity contribution is 5.83. The molecular weight excluding hydrogens is 269 g/mol. The molecule has 2 rings (SSSR count). The number of aliphatic hydroxyl groups is 1. The van der Waals surface area contributed by atoms with Gasteiger partial charge in [0.15, 0.2) is 0 Å². The van der Waals surface area contributed by atoms with Gasteiger partial charge in [-0.1, -0.05) is 31.4 Å². The molecule has 0 bridgehead atoms. The number of carbonyl (C=O) groups excluding carboxylic acids is 1. The summed E-state index contributed by atoms with van der Waals surface area (Å²) in [4.78, 5) is 12.4. The number of halogens is 1. The first-order chi connectivity index (χ1) is 10.1. The van der Waals surface area contributed by atoms with Gasteiger partial charge >= 0.3 is 0 Å². The highest BCUT2D eigenvalue weighted by Gasteiger charge is 2.26.